The molecule has 2 heterocycles. The summed E-state index contributed by atoms with van der Waals surface area (Å²) in [5.41, 5.74) is 1.79. The average molecular weight is 315 g/mol. The molecule has 0 unspecified atom stereocenters. The number of hydrogen-bond acceptors (Lipinski definition) is 5. The molecule has 0 aromatic carbocycles. The van der Waals surface area contributed by atoms with Crippen molar-refractivity contribution in [3.05, 3.63) is 17.0 Å². The zero-order chi connectivity index (χ0) is 15.6. The number of hydrogen-bond donors (Lipinski definition) is 1. The lowest BCUT2D eigenvalue weighted by atomic mass is 10.1. The minimum Gasteiger partial charge on any atom is -0.361 e. The van der Waals surface area contributed by atoms with Gasteiger partial charge in [-0.1, -0.05) is 5.16 Å². The van der Waals surface area contributed by atoms with Gasteiger partial charge in [-0.2, -0.15) is 0 Å². The standard InChI is InChI=1S/C13H21N3O4S/c1-9-12(10(2)20-15-9)3-4-13(17)16-6-5-11(7-16)8-21(14,18)19/h11H,3-8H2,1-2H3,(H2,14,18,19)/t11-/m0/s1. The Balaban J connectivity index is 1.85. The van der Waals surface area contributed by atoms with Crippen LogP contribution < -0.4 is 5.14 Å². The van der Waals surface area contributed by atoms with Crippen LogP contribution in [0.1, 0.15) is 29.9 Å². The lowest BCUT2D eigenvalue weighted by Crippen LogP contribution is -2.31. The van der Waals surface area contributed by atoms with Gasteiger partial charge in [-0.25, -0.2) is 13.6 Å². The number of carbonyl (C=O) groups is 1. The van der Waals surface area contributed by atoms with Crippen LogP contribution in [0.15, 0.2) is 4.52 Å². The van der Waals surface area contributed by atoms with Crippen molar-refractivity contribution in [2.75, 3.05) is 18.8 Å². The molecule has 1 aliphatic rings. The summed E-state index contributed by atoms with van der Waals surface area (Å²) >= 11 is 0. The van der Waals surface area contributed by atoms with Crippen LogP contribution in [0.4, 0.5) is 0 Å². The number of primary sulfonamides is 1. The predicted molar refractivity (Wildman–Crippen MR) is 77.0 cm³/mol. The van der Waals surface area contributed by atoms with E-state index in [-0.39, 0.29) is 17.6 Å². The van der Waals surface area contributed by atoms with Gasteiger partial charge < -0.3 is 9.42 Å². The molecule has 0 radical (unpaired) electrons. The molecule has 0 aliphatic carbocycles. The molecule has 1 aromatic rings. The van der Waals surface area contributed by atoms with Crippen LogP contribution in [0.3, 0.4) is 0 Å². The van der Waals surface area contributed by atoms with E-state index in [4.69, 9.17) is 9.66 Å². The number of rotatable bonds is 5. The lowest BCUT2D eigenvalue weighted by Gasteiger charge is -2.16. The maximum absolute atomic E-state index is 12.2. The van der Waals surface area contributed by atoms with Gasteiger partial charge in [0.25, 0.3) is 0 Å². The highest BCUT2D eigenvalue weighted by Gasteiger charge is 2.28. The van der Waals surface area contributed by atoms with Crippen molar-refractivity contribution in [3.8, 4) is 0 Å². The lowest BCUT2D eigenvalue weighted by molar-refractivity contribution is -0.130. The first-order chi connectivity index (χ1) is 9.76. The zero-order valence-corrected chi connectivity index (χ0v) is 13.1. The van der Waals surface area contributed by atoms with Crippen molar-refractivity contribution in [2.45, 2.75) is 33.1 Å². The third-order valence-corrected chi connectivity index (χ3v) is 4.81. The van der Waals surface area contributed by atoms with Crippen LogP contribution in [0.5, 0.6) is 0 Å². The second-order valence-electron chi connectivity index (χ2n) is 5.63. The van der Waals surface area contributed by atoms with Gasteiger partial charge in [0.15, 0.2) is 0 Å². The van der Waals surface area contributed by atoms with Gasteiger partial charge in [0.1, 0.15) is 5.76 Å². The summed E-state index contributed by atoms with van der Waals surface area (Å²) in [4.78, 5) is 13.9. The van der Waals surface area contributed by atoms with E-state index in [2.05, 4.69) is 5.16 Å². The maximum Gasteiger partial charge on any atom is 0.222 e. The third kappa shape index (κ3) is 4.28. The molecule has 1 fully saturated rings. The zero-order valence-electron chi connectivity index (χ0n) is 12.3. The summed E-state index contributed by atoms with van der Waals surface area (Å²) < 4.78 is 27.2. The topological polar surface area (TPSA) is 106 Å². The molecule has 0 bridgehead atoms. The molecule has 1 atom stereocenters. The normalized spacial score (nSPS) is 19.2. The summed E-state index contributed by atoms with van der Waals surface area (Å²) in [7, 11) is -3.47. The summed E-state index contributed by atoms with van der Waals surface area (Å²) in [5.74, 6) is 0.671. The highest BCUT2D eigenvalue weighted by molar-refractivity contribution is 7.89. The van der Waals surface area contributed by atoms with Gasteiger partial charge in [-0.3, -0.25) is 4.79 Å². The van der Waals surface area contributed by atoms with Crippen LogP contribution in [-0.4, -0.2) is 43.2 Å². The van der Waals surface area contributed by atoms with Gasteiger partial charge >= 0.3 is 0 Å². The first-order valence-electron chi connectivity index (χ1n) is 6.96. The summed E-state index contributed by atoms with van der Waals surface area (Å²) in [5, 5.41) is 8.91. The van der Waals surface area contributed by atoms with E-state index in [1.165, 1.54) is 0 Å². The van der Waals surface area contributed by atoms with Crippen molar-refractivity contribution in [2.24, 2.45) is 11.1 Å². The van der Waals surface area contributed by atoms with Crippen molar-refractivity contribution >= 4 is 15.9 Å². The predicted octanol–water partition coefficient (Wildman–Crippen LogP) is 0.361. The fourth-order valence-electron chi connectivity index (χ4n) is 2.77. The van der Waals surface area contributed by atoms with E-state index in [0.717, 1.165) is 17.0 Å². The van der Waals surface area contributed by atoms with Crippen LogP contribution in [0, 0.1) is 19.8 Å². The molecule has 0 spiro atoms. The first-order valence-corrected chi connectivity index (χ1v) is 8.68. The highest BCUT2D eigenvalue weighted by atomic mass is 32.2. The van der Waals surface area contributed by atoms with Crippen LogP contribution in [0.2, 0.25) is 0 Å². The Bertz CT molecular complexity index is 604. The molecule has 2 rings (SSSR count). The molecule has 8 heteroatoms. The average Bonchev–Trinajstić information content (AvgIpc) is 2.93. The Hall–Kier alpha value is -1.41. The first kappa shape index (κ1) is 16.0. The van der Waals surface area contributed by atoms with E-state index < -0.39 is 10.0 Å². The largest absolute Gasteiger partial charge is 0.361 e. The number of nitrogens with zero attached hydrogens (tertiary/aromatic N) is 2. The van der Waals surface area contributed by atoms with E-state index in [9.17, 15) is 13.2 Å². The monoisotopic (exact) mass is 315 g/mol. The van der Waals surface area contributed by atoms with Gasteiger partial charge in [0.05, 0.1) is 11.4 Å². The minimum atomic E-state index is -3.47. The van der Waals surface area contributed by atoms with E-state index in [1.807, 2.05) is 13.8 Å². The number of aryl methyl sites for hydroxylation is 2. The Kier molecular flexibility index (Phi) is 4.67. The third-order valence-electron chi connectivity index (χ3n) is 3.88. The second kappa shape index (κ2) is 6.15. The van der Waals surface area contributed by atoms with Crippen molar-refractivity contribution in [1.29, 1.82) is 0 Å². The molecule has 7 nitrogen and oxygen atoms in total. The number of carbonyl (C=O) groups excluding carboxylic acids is 1. The van der Waals surface area contributed by atoms with Crippen LogP contribution in [0.25, 0.3) is 0 Å². The molecular weight excluding hydrogens is 294 g/mol. The molecule has 1 aromatic heterocycles. The number of nitrogens with two attached hydrogens (primary N) is 1. The van der Waals surface area contributed by atoms with Crippen molar-refractivity contribution in [3.63, 3.8) is 0 Å². The van der Waals surface area contributed by atoms with Crippen LogP contribution in [-0.2, 0) is 21.2 Å². The molecule has 118 valence electrons. The SMILES string of the molecule is Cc1noc(C)c1CCC(=O)N1CC[C@H](CS(N)(=O)=O)C1. The molecule has 1 aliphatic heterocycles. The van der Waals surface area contributed by atoms with Crippen LogP contribution >= 0.6 is 0 Å². The van der Waals surface area contributed by atoms with Gasteiger partial charge in [0, 0.05) is 25.1 Å². The maximum atomic E-state index is 12.2. The van der Waals surface area contributed by atoms with Crippen molar-refractivity contribution < 1.29 is 17.7 Å². The molecule has 21 heavy (non-hydrogen) atoms. The molecular formula is C13H21N3O4S. The fourth-order valence-corrected chi connectivity index (χ4v) is 3.70. The number of amides is 1. The minimum absolute atomic E-state index is 0.0342. The summed E-state index contributed by atoms with van der Waals surface area (Å²) in [6, 6.07) is 0. The molecule has 0 saturated carbocycles. The Labute approximate surface area is 124 Å². The fraction of sp³-hybridized carbons (Fsp3) is 0.692. The van der Waals surface area contributed by atoms with E-state index in [1.54, 1.807) is 4.90 Å². The number of likely N-dealkylation sites (tertiary alicyclic amines) is 1. The molecule has 2 N–H and O–H groups in total. The van der Waals surface area contributed by atoms with E-state index >= 15 is 0 Å². The van der Waals surface area contributed by atoms with Gasteiger partial charge in [0.2, 0.25) is 15.9 Å². The number of sulfonamides is 1. The Morgan fingerprint density at radius 2 is 2.19 bits per heavy atom. The number of aromatic nitrogens is 1. The summed E-state index contributed by atoms with van der Waals surface area (Å²) in [6.45, 7) is 4.75. The Morgan fingerprint density at radius 3 is 2.76 bits per heavy atom. The molecule has 1 saturated heterocycles. The Morgan fingerprint density at radius 1 is 1.48 bits per heavy atom. The smallest absolute Gasteiger partial charge is 0.222 e. The van der Waals surface area contributed by atoms with E-state index in [0.29, 0.717) is 32.4 Å². The van der Waals surface area contributed by atoms with Gasteiger partial charge in [-0.05, 0) is 32.6 Å². The highest BCUT2D eigenvalue weighted by Crippen LogP contribution is 2.20. The quantitative estimate of drug-likeness (QED) is 0.844. The van der Waals surface area contributed by atoms with Gasteiger partial charge in [-0.15, -0.1) is 0 Å². The summed E-state index contributed by atoms with van der Waals surface area (Å²) in [6.07, 6.45) is 1.66. The van der Waals surface area contributed by atoms with Crippen molar-refractivity contribution in [1.82, 2.24) is 10.1 Å². The molecule has 1 amide bonds. The second-order valence-corrected chi connectivity index (χ2v) is 7.29.